The SMILES string of the molecule is CCC1(CNCC(=O)OC(C)C)CCCC1. The second-order valence-electron chi connectivity index (χ2n) is 5.20. The lowest BCUT2D eigenvalue weighted by Crippen LogP contribution is -2.35. The van der Waals surface area contributed by atoms with Crippen LogP contribution in [-0.4, -0.2) is 25.2 Å². The van der Waals surface area contributed by atoms with Gasteiger partial charge in [0, 0.05) is 6.54 Å². The largest absolute Gasteiger partial charge is 0.462 e. The van der Waals surface area contributed by atoms with E-state index in [1.807, 2.05) is 13.8 Å². The van der Waals surface area contributed by atoms with Gasteiger partial charge in [0.15, 0.2) is 0 Å². The summed E-state index contributed by atoms with van der Waals surface area (Å²) in [4.78, 5) is 11.3. The third-order valence-corrected chi connectivity index (χ3v) is 3.55. The van der Waals surface area contributed by atoms with Crippen LogP contribution in [0.25, 0.3) is 0 Å². The molecule has 1 N–H and O–H groups in total. The van der Waals surface area contributed by atoms with Crippen LogP contribution in [0, 0.1) is 5.41 Å². The Morgan fingerprint density at radius 3 is 2.50 bits per heavy atom. The summed E-state index contributed by atoms with van der Waals surface area (Å²) in [5.74, 6) is -0.140. The van der Waals surface area contributed by atoms with Gasteiger partial charge in [-0.05, 0) is 38.5 Å². The first-order valence-electron chi connectivity index (χ1n) is 6.48. The van der Waals surface area contributed by atoms with E-state index in [1.54, 1.807) is 0 Å². The fourth-order valence-electron chi connectivity index (χ4n) is 2.51. The molecule has 94 valence electrons. The Morgan fingerprint density at radius 1 is 1.38 bits per heavy atom. The van der Waals surface area contributed by atoms with Crippen LogP contribution in [0.2, 0.25) is 0 Å². The summed E-state index contributed by atoms with van der Waals surface area (Å²) >= 11 is 0. The molecule has 0 aromatic carbocycles. The highest BCUT2D eigenvalue weighted by Gasteiger charge is 2.31. The molecule has 0 radical (unpaired) electrons. The van der Waals surface area contributed by atoms with Crippen molar-refractivity contribution in [1.82, 2.24) is 5.32 Å². The molecule has 0 aromatic rings. The Bertz CT molecular complexity index is 220. The average molecular weight is 227 g/mol. The predicted molar refractivity (Wildman–Crippen MR) is 65.3 cm³/mol. The van der Waals surface area contributed by atoms with E-state index in [0.717, 1.165) is 6.54 Å². The van der Waals surface area contributed by atoms with Gasteiger partial charge in [-0.3, -0.25) is 4.79 Å². The van der Waals surface area contributed by atoms with Crippen LogP contribution < -0.4 is 5.32 Å². The number of ether oxygens (including phenoxy) is 1. The lowest BCUT2D eigenvalue weighted by atomic mass is 9.83. The highest BCUT2D eigenvalue weighted by atomic mass is 16.5. The van der Waals surface area contributed by atoms with Crippen molar-refractivity contribution in [2.24, 2.45) is 5.41 Å². The highest BCUT2D eigenvalue weighted by Crippen LogP contribution is 2.40. The molecule has 0 saturated heterocycles. The van der Waals surface area contributed by atoms with Gasteiger partial charge in [0.05, 0.1) is 12.6 Å². The second-order valence-corrected chi connectivity index (χ2v) is 5.20. The van der Waals surface area contributed by atoms with Crippen molar-refractivity contribution in [3.8, 4) is 0 Å². The van der Waals surface area contributed by atoms with Crippen molar-refractivity contribution < 1.29 is 9.53 Å². The monoisotopic (exact) mass is 227 g/mol. The van der Waals surface area contributed by atoms with Crippen molar-refractivity contribution in [3.05, 3.63) is 0 Å². The molecule has 3 heteroatoms. The molecule has 0 bridgehead atoms. The Balaban J connectivity index is 2.21. The van der Waals surface area contributed by atoms with Gasteiger partial charge in [0.25, 0.3) is 0 Å². The summed E-state index contributed by atoms with van der Waals surface area (Å²) in [7, 11) is 0. The fraction of sp³-hybridized carbons (Fsp3) is 0.923. The molecule has 0 heterocycles. The maximum absolute atomic E-state index is 11.3. The quantitative estimate of drug-likeness (QED) is 0.709. The third-order valence-electron chi connectivity index (χ3n) is 3.55. The molecule has 16 heavy (non-hydrogen) atoms. The van der Waals surface area contributed by atoms with E-state index in [0.29, 0.717) is 12.0 Å². The van der Waals surface area contributed by atoms with E-state index in [9.17, 15) is 4.79 Å². The van der Waals surface area contributed by atoms with Crippen molar-refractivity contribution in [2.45, 2.75) is 59.0 Å². The maximum atomic E-state index is 11.3. The van der Waals surface area contributed by atoms with E-state index in [-0.39, 0.29) is 12.1 Å². The van der Waals surface area contributed by atoms with Gasteiger partial charge in [0.1, 0.15) is 0 Å². The number of nitrogens with one attached hydrogen (secondary N) is 1. The molecule has 1 aliphatic carbocycles. The van der Waals surface area contributed by atoms with Crippen molar-refractivity contribution >= 4 is 5.97 Å². The molecular weight excluding hydrogens is 202 g/mol. The van der Waals surface area contributed by atoms with Crippen molar-refractivity contribution in [1.29, 1.82) is 0 Å². The molecule has 0 aliphatic heterocycles. The van der Waals surface area contributed by atoms with Crippen LogP contribution in [-0.2, 0) is 9.53 Å². The van der Waals surface area contributed by atoms with E-state index < -0.39 is 0 Å². The standard InChI is InChI=1S/C13H25NO2/c1-4-13(7-5-6-8-13)10-14-9-12(15)16-11(2)3/h11,14H,4-10H2,1-3H3. The van der Waals surface area contributed by atoms with Gasteiger partial charge in [0.2, 0.25) is 0 Å². The molecule has 0 atom stereocenters. The fourth-order valence-corrected chi connectivity index (χ4v) is 2.51. The van der Waals surface area contributed by atoms with E-state index in [1.165, 1.54) is 32.1 Å². The lowest BCUT2D eigenvalue weighted by Gasteiger charge is -2.27. The molecule has 0 aromatic heterocycles. The number of hydrogen-bond acceptors (Lipinski definition) is 3. The number of carbonyl (C=O) groups is 1. The van der Waals surface area contributed by atoms with Gasteiger partial charge in [-0.25, -0.2) is 0 Å². The molecule has 1 fully saturated rings. The Morgan fingerprint density at radius 2 is 2.00 bits per heavy atom. The zero-order chi connectivity index (χ0) is 12.0. The number of carbonyl (C=O) groups excluding carboxylic acids is 1. The summed E-state index contributed by atoms with van der Waals surface area (Å²) < 4.78 is 5.08. The summed E-state index contributed by atoms with van der Waals surface area (Å²) in [6.07, 6.45) is 6.48. The zero-order valence-corrected chi connectivity index (χ0v) is 10.8. The van der Waals surface area contributed by atoms with Crippen LogP contribution in [0.3, 0.4) is 0 Å². The molecule has 1 rings (SSSR count). The first-order valence-corrected chi connectivity index (χ1v) is 6.48. The van der Waals surface area contributed by atoms with Gasteiger partial charge >= 0.3 is 5.97 Å². The minimum absolute atomic E-state index is 0.0130. The van der Waals surface area contributed by atoms with Crippen LogP contribution >= 0.6 is 0 Å². The van der Waals surface area contributed by atoms with Crippen molar-refractivity contribution in [2.75, 3.05) is 13.1 Å². The molecule has 1 aliphatic rings. The van der Waals surface area contributed by atoms with Crippen molar-refractivity contribution in [3.63, 3.8) is 0 Å². The maximum Gasteiger partial charge on any atom is 0.320 e. The first kappa shape index (κ1) is 13.5. The van der Waals surface area contributed by atoms with E-state index in [4.69, 9.17) is 4.74 Å². The van der Waals surface area contributed by atoms with Gasteiger partial charge in [-0.1, -0.05) is 19.8 Å². The predicted octanol–water partition coefficient (Wildman–Crippen LogP) is 2.50. The third kappa shape index (κ3) is 4.12. The minimum Gasteiger partial charge on any atom is -0.462 e. The van der Waals surface area contributed by atoms with Crippen LogP contribution in [0.1, 0.15) is 52.9 Å². The lowest BCUT2D eigenvalue weighted by molar-refractivity contribution is -0.146. The van der Waals surface area contributed by atoms with Crippen LogP contribution in [0.15, 0.2) is 0 Å². The molecule has 0 unspecified atom stereocenters. The second kappa shape index (κ2) is 6.24. The molecule has 1 saturated carbocycles. The van der Waals surface area contributed by atoms with Gasteiger partial charge in [-0.2, -0.15) is 0 Å². The molecule has 0 spiro atoms. The summed E-state index contributed by atoms with van der Waals surface area (Å²) in [6, 6.07) is 0. The average Bonchev–Trinajstić information content (AvgIpc) is 2.66. The highest BCUT2D eigenvalue weighted by molar-refractivity contribution is 5.71. The molecule has 0 amide bonds. The minimum atomic E-state index is -0.140. The van der Waals surface area contributed by atoms with E-state index in [2.05, 4.69) is 12.2 Å². The smallest absolute Gasteiger partial charge is 0.320 e. The van der Waals surface area contributed by atoms with Gasteiger partial charge < -0.3 is 10.1 Å². The zero-order valence-electron chi connectivity index (χ0n) is 10.8. The molecular formula is C13H25NO2. The summed E-state index contributed by atoms with van der Waals surface area (Å²) in [5.41, 5.74) is 0.443. The number of rotatable bonds is 6. The van der Waals surface area contributed by atoms with Crippen LogP contribution in [0.5, 0.6) is 0 Å². The van der Waals surface area contributed by atoms with Gasteiger partial charge in [-0.15, -0.1) is 0 Å². The number of hydrogen-bond donors (Lipinski definition) is 1. The van der Waals surface area contributed by atoms with E-state index >= 15 is 0 Å². The van der Waals surface area contributed by atoms with Crippen LogP contribution in [0.4, 0.5) is 0 Å². The Hall–Kier alpha value is -0.570. The normalized spacial score (nSPS) is 19.0. The first-order chi connectivity index (χ1) is 7.58. The Kier molecular flexibility index (Phi) is 5.26. The Labute approximate surface area is 98.9 Å². The molecule has 3 nitrogen and oxygen atoms in total. The topological polar surface area (TPSA) is 38.3 Å². The summed E-state index contributed by atoms with van der Waals surface area (Å²) in [5, 5.41) is 3.25. The summed E-state index contributed by atoms with van der Waals surface area (Å²) in [6.45, 7) is 7.31. The number of esters is 1.